The molecule has 0 fully saturated rings. The topological polar surface area (TPSA) is 86.2 Å². The number of aliphatic hydroxyl groups is 1. The van der Waals surface area contributed by atoms with Gasteiger partial charge in [-0.1, -0.05) is 24.3 Å². The van der Waals surface area contributed by atoms with Gasteiger partial charge in [0.05, 0.1) is 4.88 Å². The summed E-state index contributed by atoms with van der Waals surface area (Å²) < 4.78 is 11.6. The van der Waals surface area contributed by atoms with Crippen LogP contribution in [0.4, 0.5) is 0 Å². The Kier molecular flexibility index (Phi) is 5.00. The lowest BCUT2D eigenvalue weighted by atomic mass is 10.1. The van der Waals surface area contributed by atoms with Crippen LogP contribution in [0.2, 0.25) is 0 Å². The molecule has 0 radical (unpaired) electrons. The van der Waals surface area contributed by atoms with Gasteiger partial charge in [0.25, 0.3) is 0 Å². The molecule has 5 rings (SSSR count). The van der Waals surface area contributed by atoms with Crippen LogP contribution in [0.1, 0.15) is 11.3 Å². The minimum absolute atomic E-state index is 0.0680. The molecule has 0 spiro atoms. The molecule has 150 valence electrons. The highest BCUT2D eigenvalue weighted by Gasteiger charge is 2.14. The molecule has 0 amide bonds. The molecule has 0 saturated heterocycles. The molecule has 0 saturated carbocycles. The minimum atomic E-state index is 0.0680. The number of benzene rings is 2. The molecular weight excluding hydrogens is 400 g/mol. The maximum atomic E-state index is 9.31. The molecule has 3 heterocycles. The molecule has 0 aliphatic rings. The van der Waals surface area contributed by atoms with Gasteiger partial charge in [0, 0.05) is 6.61 Å². The minimum Gasteiger partial charge on any atom is -0.485 e. The number of aromatic nitrogens is 4. The second-order valence-electron chi connectivity index (χ2n) is 6.66. The lowest BCUT2D eigenvalue weighted by Gasteiger charge is -2.11. The van der Waals surface area contributed by atoms with Crippen molar-refractivity contribution in [2.75, 3.05) is 6.61 Å². The summed E-state index contributed by atoms with van der Waals surface area (Å²) in [6, 6.07) is 17.3. The molecule has 0 bridgehead atoms. The van der Waals surface area contributed by atoms with E-state index in [-0.39, 0.29) is 13.2 Å². The largest absolute Gasteiger partial charge is 0.485 e. The van der Waals surface area contributed by atoms with Crippen LogP contribution in [0, 0.1) is 0 Å². The van der Waals surface area contributed by atoms with Crippen LogP contribution in [0.5, 0.6) is 5.75 Å². The number of rotatable bonds is 7. The van der Waals surface area contributed by atoms with E-state index >= 15 is 0 Å². The first-order valence-corrected chi connectivity index (χ1v) is 10.4. The lowest BCUT2D eigenvalue weighted by molar-refractivity contribution is 0.296. The van der Waals surface area contributed by atoms with Crippen molar-refractivity contribution >= 4 is 22.4 Å². The van der Waals surface area contributed by atoms with E-state index in [4.69, 9.17) is 9.15 Å². The summed E-state index contributed by atoms with van der Waals surface area (Å²) in [6.45, 7) is 0.320. The van der Waals surface area contributed by atoms with E-state index in [0.717, 1.165) is 21.5 Å². The summed E-state index contributed by atoms with van der Waals surface area (Å²) in [5.41, 5.74) is 3.98. The van der Waals surface area contributed by atoms with Gasteiger partial charge in [-0.2, -0.15) is 0 Å². The zero-order valence-corrected chi connectivity index (χ0v) is 16.7. The Morgan fingerprint density at radius 1 is 1.03 bits per heavy atom. The van der Waals surface area contributed by atoms with Gasteiger partial charge < -0.3 is 14.3 Å². The summed E-state index contributed by atoms with van der Waals surface area (Å²) in [4.78, 5) is 7.04. The van der Waals surface area contributed by atoms with Gasteiger partial charge in [-0.15, -0.1) is 26.3 Å². The van der Waals surface area contributed by atoms with Crippen LogP contribution in [-0.2, 0) is 13.0 Å². The van der Waals surface area contributed by atoms with Gasteiger partial charge >= 0.3 is 0 Å². The molecule has 1 N–H and O–H groups in total. The third kappa shape index (κ3) is 3.70. The molecule has 8 heteroatoms. The number of aliphatic hydroxyl groups excluding tert-OH is 1. The molecule has 30 heavy (non-hydrogen) atoms. The summed E-state index contributed by atoms with van der Waals surface area (Å²) in [5.74, 6) is 1.21. The molecule has 2 aromatic carbocycles. The second-order valence-corrected chi connectivity index (χ2v) is 7.61. The van der Waals surface area contributed by atoms with Crippen LogP contribution in [0.15, 0.2) is 70.7 Å². The number of fused-ring (bicyclic) bond motifs is 1. The number of hydrogen-bond donors (Lipinski definition) is 1. The molecule has 0 aliphatic carbocycles. The normalized spacial score (nSPS) is 11.2. The summed E-state index contributed by atoms with van der Waals surface area (Å²) >= 11 is 1.57. The van der Waals surface area contributed by atoms with Crippen molar-refractivity contribution in [3.63, 3.8) is 0 Å². The van der Waals surface area contributed by atoms with E-state index in [9.17, 15) is 5.11 Å². The third-order valence-corrected chi connectivity index (χ3v) is 5.44. The van der Waals surface area contributed by atoms with Crippen molar-refractivity contribution in [1.29, 1.82) is 0 Å². The smallest absolute Gasteiger partial charge is 0.236 e. The lowest BCUT2D eigenvalue weighted by Crippen LogP contribution is -2.05. The van der Waals surface area contributed by atoms with Gasteiger partial charge in [0.1, 0.15) is 41.0 Å². The highest BCUT2D eigenvalue weighted by molar-refractivity contribution is 7.13. The van der Waals surface area contributed by atoms with Gasteiger partial charge in [-0.25, -0.2) is 4.98 Å². The van der Waals surface area contributed by atoms with Gasteiger partial charge in [0.2, 0.25) is 5.89 Å². The number of hydrogen-bond acceptors (Lipinski definition) is 7. The first-order valence-electron chi connectivity index (χ1n) is 9.47. The van der Waals surface area contributed by atoms with Crippen molar-refractivity contribution in [3.05, 3.63) is 77.5 Å². The number of nitrogens with zero attached hydrogens (tertiary/aromatic N) is 4. The monoisotopic (exact) mass is 418 g/mol. The number of oxazole rings is 1. The molecule has 0 atom stereocenters. The van der Waals surface area contributed by atoms with E-state index < -0.39 is 0 Å². The Morgan fingerprint density at radius 3 is 2.60 bits per heavy atom. The van der Waals surface area contributed by atoms with Crippen molar-refractivity contribution in [2.24, 2.45) is 0 Å². The molecular formula is C22H18N4O3S. The quantitative estimate of drug-likeness (QED) is 0.425. The van der Waals surface area contributed by atoms with E-state index in [1.54, 1.807) is 22.4 Å². The van der Waals surface area contributed by atoms with Crippen LogP contribution in [0.25, 0.3) is 27.5 Å². The van der Waals surface area contributed by atoms with E-state index in [2.05, 4.69) is 15.2 Å². The Labute approximate surface area is 176 Å². The fourth-order valence-corrected chi connectivity index (χ4v) is 3.79. The zero-order valence-electron chi connectivity index (χ0n) is 15.9. The van der Waals surface area contributed by atoms with Crippen LogP contribution < -0.4 is 4.74 Å². The third-order valence-electron chi connectivity index (χ3n) is 4.59. The predicted molar refractivity (Wildman–Crippen MR) is 114 cm³/mol. The highest BCUT2D eigenvalue weighted by Crippen LogP contribution is 2.27. The van der Waals surface area contributed by atoms with Gasteiger partial charge in [-0.3, -0.25) is 0 Å². The fraction of sp³-hybridized carbons (Fsp3) is 0.136. The van der Waals surface area contributed by atoms with Crippen molar-refractivity contribution in [2.45, 2.75) is 13.0 Å². The average molecular weight is 418 g/mol. The Morgan fingerprint density at radius 2 is 1.87 bits per heavy atom. The van der Waals surface area contributed by atoms with E-state index in [0.29, 0.717) is 29.4 Å². The molecule has 7 nitrogen and oxygen atoms in total. The zero-order chi connectivity index (χ0) is 20.3. The highest BCUT2D eigenvalue weighted by atomic mass is 32.1. The molecule has 3 aromatic heterocycles. The average Bonchev–Trinajstić information content (AvgIpc) is 3.53. The first-order chi connectivity index (χ1) is 14.8. The Bertz CT molecular complexity index is 1240. The Hall–Kier alpha value is -3.49. The molecule has 0 aliphatic heterocycles. The van der Waals surface area contributed by atoms with E-state index in [1.807, 2.05) is 60.0 Å². The SMILES string of the molecule is OCCc1ccc(OCc2coc(-c3cccs3)n2)c(-n2nc3ccccc3n2)c1. The maximum Gasteiger partial charge on any atom is 0.236 e. The van der Waals surface area contributed by atoms with Crippen LogP contribution in [0.3, 0.4) is 0 Å². The van der Waals surface area contributed by atoms with Gasteiger partial charge in [0.15, 0.2) is 0 Å². The molecule has 0 unspecified atom stereocenters. The van der Waals surface area contributed by atoms with Crippen molar-refractivity contribution in [3.8, 4) is 22.2 Å². The van der Waals surface area contributed by atoms with Crippen LogP contribution >= 0.6 is 11.3 Å². The standard InChI is InChI=1S/C22H18N4O3S/c27-10-9-15-7-8-20(19(12-15)26-24-17-4-1-2-5-18(17)25-26)28-13-16-14-29-22(23-16)21-6-3-11-30-21/h1-8,11-12,14,27H,9-10,13H2. The first kappa shape index (κ1) is 18.5. The predicted octanol–water partition coefficient (Wildman–Crippen LogP) is 4.25. The van der Waals surface area contributed by atoms with Gasteiger partial charge in [-0.05, 0) is 47.7 Å². The maximum absolute atomic E-state index is 9.31. The van der Waals surface area contributed by atoms with Crippen molar-refractivity contribution < 1.29 is 14.3 Å². The number of ether oxygens (including phenoxy) is 1. The van der Waals surface area contributed by atoms with Crippen molar-refractivity contribution in [1.82, 2.24) is 20.0 Å². The van der Waals surface area contributed by atoms with E-state index in [1.165, 1.54) is 0 Å². The fourth-order valence-electron chi connectivity index (χ4n) is 3.13. The summed E-state index contributed by atoms with van der Waals surface area (Å²) in [6.07, 6.45) is 2.15. The Balaban J connectivity index is 1.44. The molecule has 5 aromatic rings. The van der Waals surface area contributed by atoms with Crippen LogP contribution in [-0.4, -0.2) is 31.7 Å². The number of thiophene rings is 1. The summed E-state index contributed by atoms with van der Waals surface area (Å²) in [7, 11) is 0. The second kappa shape index (κ2) is 8.10. The summed E-state index contributed by atoms with van der Waals surface area (Å²) in [5, 5.41) is 20.4.